The number of halogens is 1. The van der Waals surface area contributed by atoms with E-state index in [1.54, 1.807) is 29.9 Å². The van der Waals surface area contributed by atoms with Crippen LogP contribution in [-0.2, 0) is 0 Å². The van der Waals surface area contributed by atoms with Gasteiger partial charge in [-0.1, -0.05) is 6.07 Å². The highest BCUT2D eigenvalue weighted by atomic mass is 19.1. The van der Waals surface area contributed by atoms with Gasteiger partial charge < -0.3 is 15.2 Å². The van der Waals surface area contributed by atoms with E-state index in [9.17, 15) is 14.3 Å². The van der Waals surface area contributed by atoms with Crippen LogP contribution < -0.4 is 10.1 Å². The van der Waals surface area contributed by atoms with Gasteiger partial charge in [-0.15, -0.1) is 0 Å². The third-order valence-corrected chi connectivity index (χ3v) is 4.23. The lowest BCUT2D eigenvalue weighted by Gasteiger charge is -2.14. The Balaban J connectivity index is 1.60. The summed E-state index contributed by atoms with van der Waals surface area (Å²) in [6.45, 7) is 5.71. The van der Waals surface area contributed by atoms with E-state index in [0.717, 1.165) is 11.0 Å². The molecule has 0 aliphatic heterocycles. The van der Waals surface area contributed by atoms with Crippen LogP contribution in [-0.4, -0.2) is 45.0 Å². The monoisotopic (exact) mass is 386 g/mol. The minimum Gasteiger partial charge on any atom is -0.491 e. The average molecular weight is 386 g/mol. The van der Waals surface area contributed by atoms with Gasteiger partial charge in [0.25, 0.3) is 5.91 Å². The molecule has 8 heteroatoms. The number of hydrogen-bond acceptors (Lipinski definition) is 5. The quantitative estimate of drug-likeness (QED) is 0.652. The number of aromatic nitrogens is 3. The summed E-state index contributed by atoms with van der Waals surface area (Å²) in [5.41, 5.74) is 1.74. The molecule has 3 aromatic rings. The fraction of sp³-hybridized carbons (Fsp3) is 0.350. The van der Waals surface area contributed by atoms with Gasteiger partial charge in [-0.2, -0.15) is 5.10 Å². The van der Waals surface area contributed by atoms with E-state index in [-0.39, 0.29) is 25.1 Å². The molecular weight excluding hydrogens is 363 g/mol. The van der Waals surface area contributed by atoms with Crippen LogP contribution in [0.1, 0.15) is 35.9 Å². The maximum Gasteiger partial charge on any atom is 0.253 e. The summed E-state index contributed by atoms with van der Waals surface area (Å²) in [6, 6.07) is 7.56. The first-order valence-electron chi connectivity index (χ1n) is 9.04. The SMILES string of the molecule is Cc1nc2c(cnn2C(C)C)cc1C(=O)NCC(O)COc1cccc(F)c1. The molecule has 0 aliphatic rings. The average Bonchev–Trinajstić information content (AvgIpc) is 3.06. The number of amides is 1. The summed E-state index contributed by atoms with van der Waals surface area (Å²) in [5, 5.41) is 17.8. The van der Waals surface area contributed by atoms with Crippen LogP contribution in [0.15, 0.2) is 36.5 Å². The Morgan fingerprint density at radius 1 is 1.36 bits per heavy atom. The van der Waals surface area contributed by atoms with Gasteiger partial charge in [-0.3, -0.25) is 4.79 Å². The number of ether oxygens (including phenoxy) is 1. The largest absolute Gasteiger partial charge is 0.491 e. The van der Waals surface area contributed by atoms with Crippen LogP contribution in [0.3, 0.4) is 0 Å². The number of pyridine rings is 1. The number of rotatable bonds is 7. The Bertz CT molecular complexity index is 987. The zero-order chi connectivity index (χ0) is 20.3. The molecule has 0 aliphatic carbocycles. The molecule has 0 radical (unpaired) electrons. The van der Waals surface area contributed by atoms with Gasteiger partial charge in [0.2, 0.25) is 0 Å². The van der Waals surface area contributed by atoms with E-state index in [4.69, 9.17) is 4.74 Å². The first-order chi connectivity index (χ1) is 13.3. The van der Waals surface area contributed by atoms with Gasteiger partial charge in [0.05, 0.1) is 17.5 Å². The van der Waals surface area contributed by atoms with Crippen LogP contribution in [0.4, 0.5) is 4.39 Å². The Morgan fingerprint density at radius 3 is 2.86 bits per heavy atom. The summed E-state index contributed by atoms with van der Waals surface area (Å²) in [7, 11) is 0. The van der Waals surface area contributed by atoms with Crippen LogP contribution in [0.2, 0.25) is 0 Å². The first-order valence-corrected chi connectivity index (χ1v) is 9.04. The molecular formula is C20H23FN4O3. The maximum absolute atomic E-state index is 13.1. The molecule has 3 rings (SSSR count). The van der Waals surface area contributed by atoms with Crippen LogP contribution >= 0.6 is 0 Å². The fourth-order valence-corrected chi connectivity index (χ4v) is 2.79. The Hall–Kier alpha value is -3.00. The highest BCUT2D eigenvalue weighted by molar-refractivity contribution is 5.98. The van der Waals surface area contributed by atoms with E-state index in [1.165, 1.54) is 18.2 Å². The van der Waals surface area contributed by atoms with Gasteiger partial charge in [0, 0.05) is 24.0 Å². The lowest BCUT2D eigenvalue weighted by atomic mass is 10.1. The molecule has 2 N–H and O–H groups in total. The van der Waals surface area contributed by atoms with Gasteiger partial charge in [0.1, 0.15) is 24.3 Å². The summed E-state index contributed by atoms with van der Waals surface area (Å²) < 4.78 is 20.2. The third kappa shape index (κ3) is 4.45. The molecule has 0 saturated carbocycles. The van der Waals surface area contributed by atoms with Crippen molar-refractivity contribution in [1.82, 2.24) is 20.1 Å². The summed E-state index contributed by atoms with van der Waals surface area (Å²) in [4.78, 5) is 17.0. The normalized spacial score (nSPS) is 12.4. The van der Waals surface area contributed by atoms with Crippen molar-refractivity contribution >= 4 is 16.9 Å². The number of carbonyl (C=O) groups excluding carboxylic acids is 1. The minimum atomic E-state index is -0.937. The standard InChI is InChI=1S/C20H23FN4O3/c1-12(2)25-19-14(9-23-25)7-18(13(3)24-19)20(27)22-10-16(26)11-28-17-6-4-5-15(21)8-17/h4-9,12,16,26H,10-11H2,1-3H3,(H,22,27). The number of hydrogen-bond donors (Lipinski definition) is 2. The molecule has 1 aromatic carbocycles. The second kappa shape index (κ2) is 8.35. The van der Waals surface area contributed by atoms with E-state index >= 15 is 0 Å². The number of nitrogens with one attached hydrogen (secondary N) is 1. The van der Waals surface area contributed by atoms with Crippen molar-refractivity contribution < 1.29 is 19.0 Å². The van der Waals surface area contributed by atoms with Crippen LogP contribution in [0, 0.1) is 12.7 Å². The van der Waals surface area contributed by atoms with Crippen molar-refractivity contribution in [1.29, 1.82) is 0 Å². The first kappa shape index (κ1) is 19.8. The van der Waals surface area contributed by atoms with Crippen molar-refractivity contribution in [2.45, 2.75) is 32.9 Å². The molecule has 0 bridgehead atoms. The van der Waals surface area contributed by atoms with E-state index in [1.807, 2.05) is 13.8 Å². The van der Waals surface area contributed by atoms with Crippen LogP contribution in [0.5, 0.6) is 5.75 Å². The summed E-state index contributed by atoms with van der Waals surface area (Å²) >= 11 is 0. The van der Waals surface area contributed by atoms with Crippen LogP contribution in [0.25, 0.3) is 11.0 Å². The Labute approximate surface area is 162 Å². The molecule has 148 valence electrons. The van der Waals surface area contributed by atoms with E-state index < -0.39 is 11.9 Å². The Morgan fingerprint density at radius 2 is 2.14 bits per heavy atom. The molecule has 2 aromatic heterocycles. The molecule has 0 saturated heterocycles. The Kier molecular flexibility index (Phi) is 5.89. The van der Waals surface area contributed by atoms with Crippen molar-refractivity contribution in [3.05, 3.63) is 53.6 Å². The van der Waals surface area contributed by atoms with Crippen molar-refractivity contribution in [3.63, 3.8) is 0 Å². The lowest BCUT2D eigenvalue weighted by molar-refractivity contribution is 0.0842. The topological polar surface area (TPSA) is 89.3 Å². The smallest absolute Gasteiger partial charge is 0.253 e. The van der Waals surface area contributed by atoms with Gasteiger partial charge in [-0.05, 0) is 39.0 Å². The zero-order valence-corrected chi connectivity index (χ0v) is 16.0. The molecule has 28 heavy (non-hydrogen) atoms. The molecule has 2 heterocycles. The van der Waals surface area contributed by atoms with E-state index in [2.05, 4.69) is 15.4 Å². The summed E-state index contributed by atoms with van der Waals surface area (Å²) in [6.07, 6.45) is 0.744. The second-order valence-corrected chi connectivity index (χ2v) is 6.85. The number of benzene rings is 1. The van der Waals surface area contributed by atoms with Crippen molar-refractivity contribution in [2.75, 3.05) is 13.2 Å². The number of aryl methyl sites for hydroxylation is 1. The number of carbonyl (C=O) groups is 1. The highest BCUT2D eigenvalue weighted by Gasteiger charge is 2.16. The number of aliphatic hydroxyl groups is 1. The number of aliphatic hydroxyl groups excluding tert-OH is 1. The molecule has 0 fully saturated rings. The molecule has 7 nitrogen and oxygen atoms in total. The van der Waals surface area contributed by atoms with Crippen molar-refractivity contribution in [3.8, 4) is 5.75 Å². The molecule has 0 spiro atoms. The van der Waals surface area contributed by atoms with Gasteiger partial charge >= 0.3 is 0 Å². The minimum absolute atomic E-state index is 0.00309. The molecule has 1 amide bonds. The van der Waals surface area contributed by atoms with Gasteiger partial charge in [0.15, 0.2) is 5.65 Å². The predicted molar refractivity (Wildman–Crippen MR) is 103 cm³/mol. The van der Waals surface area contributed by atoms with E-state index in [0.29, 0.717) is 17.0 Å². The summed E-state index contributed by atoms with van der Waals surface area (Å²) in [5.74, 6) is -0.438. The predicted octanol–water partition coefficient (Wildman–Crippen LogP) is 2.63. The zero-order valence-electron chi connectivity index (χ0n) is 16.0. The third-order valence-electron chi connectivity index (χ3n) is 4.23. The van der Waals surface area contributed by atoms with Gasteiger partial charge in [-0.25, -0.2) is 14.1 Å². The number of nitrogens with zero attached hydrogens (tertiary/aromatic N) is 3. The number of fused-ring (bicyclic) bond motifs is 1. The fourth-order valence-electron chi connectivity index (χ4n) is 2.79. The maximum atomic E-state index is 13.1. The second-order valence-electron chi connectivity index (χ2n) is 6.85. The lowest BCUT2D eigenvalue weighted by Crippen LogP contribution is -2.35. The molecule has 1 unspecified atom stereocenters. The van der Waals surface area contributed by atoms with Crippen molar-refractivity contribution in [2.24, 2.45) is 0 Å². The molecule has 1 atom stereocenters. The highest BCUT2D eigenvalue weighted by Crippen LogP contribution is 2.19.